The lowest BCUT2D eigenvalue weighted by molar-refractivity contribution is 0.0253. The van der Waals surface area contributed by atoms with Gasteiger partial charge in [-0.25, -0.2) is 0 Å². The number of rotatable bonds is 3. The SMILES string of the molecule is CCNCC1OCC2(CC2)c2ccsc21. The van der Waals surface area contributed by atoms with Crippen LogP contribution in [-0.4, -0.2) is 19.7 Å². The van der Waals surface area contributed by atoms with Gasteiger partial charge in [-0.05, 0) is 36.4 Å². The summed E-state index contributed by atoms with van der Waals surface area (Å²) < 4.78 is 5.99. The Morgan fingerprint density at radius 3 is 3.20 bits per heavy atom. The maximum Gasteiger partial charge on any atom is 0.104 e. The van der Waals surface area contributed by atoms with Gasteiger partial charge in [0.05, 0.1) is 6.61 Å². The van der Waals surface area contributed by atoms with Crippen LogP contribution in [0.5, 0.6) is 0 Å². The van der Waals surface area contributed by atoms with E-state index >= 15 is 0 Å². The Kier molecular flexibility index (Phi) is 2.34. The smallest absolute Gasteiger partial charge is 0.104 e. The third-order valence-electron chi connectivity index (χ3n) is 3.55. The van der Waals surface area contributed by atoms with Crippen molar-refractivity contribution in [2.45, 2.75) is 31.3 Å². The quantitative estimate of drug-likeness (QED) is 0.850. The van der Waals surface area contributed by atoms with E-state index in [1.807, 2.05) is 11.3 Å². The summed E-state index contributed by atoms with van der Waals surface area (Å²) in [5.41, 5.74) is 2.01. The van der Waals surface area contributed by atoms with Crippen LogP contribution in [0.1, 0.15) is 36.3 Å². The van der Waals surface area contributed by atoms with Crippen molar-refractivity contribution in [1.29, 1.82) is 0 Å². The van der Waals surface area contributed by atoms with Crippen LogP contribution in [0, 0.1) is 0 Å². The van der Waals surface area contributed by atoms with Crippen molar-refractivity contribution in [3.05, 3.63) is 21.9 Å². The fraction of sp³-hybridized carbons (Fsp3) is 0.667. The predicted molar refractivity (Wildman–Crippen MR) is 62.5 cm³/mol. The van der Waals surface area contributed by atoms with Gasteiger partial charge >= 0.3 is 0 Å². The molecule has 0 aromatic carbocycles. The molecule has 1 spiro atoms. The van der Waals surface area contributed by atoms with Crippen molar-refractivity contribution in [3.8, 4) is 0 Å². The minimum Gasteiger partial charge on any atom is -0.370 e. The second-order valence-electron chi connectivity index (χ2n) is 4.59. The molecule has 0 saturated heterocycles. The van der Waals surface area contributed by atoms with E-state index in [9.17, 15) is 0 Å². The summed E-state index contributed by atoms with van der Waals surface area (Å²) in [7, 11) is 0. The molecule has 1 atom stereocenters. The predicted octanol–water partition coefficient (Wildman–Crippen LogP) is 2.46. The van der Waals surface area contributed by atoms with Gasteiger partial charge in [-0.3, -0.25) is 0 Å². The normalized spacial score (nSPS) is 26.6. The van der Waals surface area contributed by atoms with Crippen LogP contribution < -0.4 is 5.32 Å². The molecule has 1 aliphatic carbocycles. The fourth-order valence-electron chi connectivity index (χ4n) is 2.41. The Balaban J connectivity index is 1.84. The van der Waals surface area contributed by atoms with Crippen molar-refractivity contribution in [2.24, 2.45) is 0 Å². The summed E-state index contributed by atoms with van der Waals surface area (Å²) in [6.45, 7) is 5.05. The maximum atomic E-state index is 5.99. The van der Waals surface area contributed by atoms with Gasteiger partial charge in [0.1, 0.15) is 6.10 Å². The van der Waals surface area contributed by atoms with Gasteiger partial charge in [0.25, 0.3) is 0 Å². The van der Waals surface area contributed by atoms with Crippen LogP contribution in [0.2, 0.25) is 0 Å². The Morgan fingerprint density at radius 2 is 2.47 bits per heavy atom. The van der Waals surface area contributed by atoms with E-state index in [0.29, 0.717) is 11.5 Å². The molecule has 0 bridgehead atoms. The molecule has 1 aromatic heterocycles. The highest BCUT2D eigenvalue weighted by Gasteiger charge is 2.50. The molecule has 15 heavy (non-hydrogen) atoms. The molecule has 1 aliphatic heterocycles. The average Bonchev–Trinajstić information content (AvgIpc) is 2.84. The molecule has 1 unspecified atom stereocenters. The second-order valence-corrected chi connectivity index (χ2v) is 5.53. The molecule has 0 amide bonds. The van der Waals surface area contributed by atoms with E-state index in [-0.39, 0.29) is 0 Å². The summed E-state index contributed by atoms with van der Waals surface area (Å²) in [5, 5.41) is 5.60. The highest BCUT2D eigenvalue weighted by atomic mass is 32.1. The first-order valence-corrected chi connectivity index (χ1v) is 6.64. The number of thiophene rings is 1. The maximum absolute atomic E-state index is 5.99. The monoisotopic (exact) mass is 223 g/mol. The number of fused-ring (bicyclic) bond motifs is 2. The Labute approximate surface area is 94.6 Å². The average molecular weight is 223 g/mol. The first-order valence-electron chi connectivity index (χ1n) is 5.76. The Bertz CT molecular complexity index is 356. The molecular formula is C12H17NOS. The van der Waals surface area contributed by atoms with E-state index in [0.717, 1.165) is 19.7 Å². The van der Waals surface area contributed by atoms with Crippen molar-refractivity contribution in [2.75, 3.05) is 19.7 Å². The van der Waals surface area contributed by atoms with E-state index in [4.69, 9.17) is 4.74 Å². The van der Waals surface area contributed by atoms with Crippen LogP contribution in [-0.2, 0) is 10.2 Å². The molecule has 3 rings (SSSR count). The van der Waals surface area contributed by atoms with Crippen molar-refractivity contribution in [1.82, 2.24) is 5.32 Å². The molecule has 1 saturated carbocycles. The van der Waals surface area contributed by atoms with Crippen LogP contribution in [0.25, 0.3) is 0 Å². The first-order chi connectivity index (χ1) is 7.36. The lowest BCUT2D eigenvalue weighted by atomic mass is 9.93. The van der Waals surface area contributed by atoms with Crippen molar-refractivity contribution >= 4 is 11.3 Å². The third-order valence-corrected chi connectivity index (χ3v) is 4.56. The lowest BCUT2D eigenvalue weighted by Gasteiger charge is -2.29. The van der Waals surface area contributed by atoms with Gasteiger partial charge in [0.15, 0.2) is 0 Å². The number of likely N-dealkylation sites (N-methyl/N-ethyl adjacent to an activating group) is 1. The molecule has 2 aliphatic rings. The van der Waals surface area contributed by atoms with Gasteiger partial charge in [-0.15, -0.1) is 11.3 Å². The molecule has 0 radical (unpaired) electrons. The first kappa shape index (κ1) is 9.82. The topological polar surface area (TPSA) is 21.3 Å². The van der Waals surface area contributed by atoms with Crippen molar-refractivity contribution in [3.63, 3.8) is 0 Å². The Hall–Kier alpha value is -0.380. The fourth-order valence-corrected chi connectivity index (χ4v) is 3.48. The zero-order valence-corrected chi connectivity index (χ0v) is 9.90. The van der Waals surface area contributed by atoms with Gasteiger partial charge in [0, 0.05) is 16.8 Å². The zero-order valence-electron chi connectivity index (χ0n) is 9.08. The third kappa shape index (κ3) is 1.53. The summed E-state index contributed by atoms with van der Waals surface area (Å²) in [6, 6.07) is 2.31. The molecule has 3 heteroatoms. The van der Waals surface area contributed by atoms with E-state index in [1.54, 1.807) is 5.56 Å². The highest BCUT2D eigenvalue weighted by molar-refractivity contribution is 7.10. The highest BCUT2D eigenvalue weighted by Crippen LogP contribution is 2.55. The molecule has 1 N–H and O–H groups in total. The van der Waals surface area contributed by atoms with Crippen LogP contribution in [0.15, 0.2) is 11.4 Å². The number of ether oxygens (including phenoxy) is 1. The molecule has 82 valence electrons. The van der Waals surface area contributed by atoms with Gasteiger partial charge in [0.2, 0.25) is 0 Å². The van der Waals surface area contributed by atoms with Crippen LogP contribution in [0.3, 0.4) is 0 Å². The van der Waals surface area contributed by atoms with Crippen LogP contribution in [0.4, 0.5) is 0 Å². The van der Waals surface area contributed by atoms with E-state index in [1.165, 1.54) is 17.7 Å². The van der Waals surface area contributed by atoms with Gasteiger partial charge < -0.3 is 10.1 Å². The number of hydrogen-bond acceptors (Lipinski definition) is 3. The van der Waals surface area contributed by atoms with E-state index in [2.05, 4.69) is 23.7 Å². The standard InChI is InChI=1S/C12H17NOS/c1-2-13-7-10-11-9(3-6-15-11)12(4-5-12)8-14-10/h3,6,10,13H,2,4-5,7-8H2,1H3. The largest absolute Gasteiger partial charge is 0.370 e. The van der Waals surface area contributed by atoms with Gasteiger partial charge in [-0.1, -0.05) is 6.92 Å². The van der Waals surface area contributed by atoms with Crippen LogP contribution >= 0.6 is 11.3 Å². The van der Waals surface area contributed by atoms with Gasteiger partial charge in [-0.2, -0.15) is 0 Å². The second kappa shape index (κ2) is 3.58. The molecular weight excluding hydrogens is 206 g/mol. The Morgan fingerprint density at radius 1 is 1.60 bits per heavy atom. The summed E-state index contributed by atoms with van der Waals surface area (Å²) >= 11 is 1.86. The van der Waals surface area contributed by atoms with Crippen molar-refractivity contribution < 1.29 is 4.74 Å². The number of hydrogen-bond donors (Lipinski definition) is 1. The minimum atomic E-state index is 0.297. The molecule has 1 aromatic rings. The summed E-state index contributed by atoms with van der Waals surface area (Å²) in [5.74, 6) is 0. The molecule has 2 nitrogen and oxygen atoms in total. The lowest BCUT2D eigenvalue weighted by Crippen LogP contribution is -2.31. The molecule has 2 heterocycles. The summed E-state index contributed by atoms with van der Waals surface area (Å²) in [4.78, 5) is 1.47. The minimum absolute atomic E-state index is 0.297. The zero-order chi connectivity index (χ0) is 10.3. The molecule has 1 fully saturated rings. The number of nitrogens with one attached hydrogen (secondary N) is 1. The van der Waals surface area contributed by atoms with E-state index < -0.39 is 0 Å². The summed E-state index contributed by atoms with van der Waals surface area (Å²) in [6.07, 6.45) is 2.95.